The summed E-state index contributed by atoms with van der Waals surface area (Å²) in [5.41, 5.74) is 1.71. The SMILES string of the molecule is CCC1CN(Cc2ccccc2)CCN1C(=O)c1cn[nH]n1. The number of nitrogens with zero attached hydrogens (tertiary/aromatic N) is 4. The van der Waals surface area contributed by atoms with Gasteiger partial charge in [0, 0.05) is 32.2 Å². The maximum atomic E-state index is 12.5. The Balaban J connectivity index is 1.65. The molecule has 1 aromatic carbocycles. The number of hydrogen-bond acceptors (Lipinski definition) is 4. The molecule has 0 radical (unpaired) electrons. The molecule has 2 aromatic rings. The molecule has 0 aliphatic carbocycles. The van der Waals surface area contributed by atoms with Crippen molar-refractivity contribution < 1.29 is 4.79 Å². The highest BCUT2D eigenvalue weighted by atomic mass is 16.2. The third-order valence-corrected chi connectivity index (χ3v) is 4.18. The van der Waals surface area contributed by atoms with Crippen LogP contribution in [-0.4, -0.2) is 56.8 Å². The highest BCUT2D eigenvalue weighted by molar-refractivity contribution is 5.92. The monoisotopic (exact) mass is 299 g/mol. The first-order chi connectivity index (χ1) is 10.8. The van der Waals surface area contributed by atoms with Crippen LogP contribution in [0.5, 0.6) is 0 Å². The van der Waals surface area contributed by atoms with Crippen LogP contribution in [0.25, 0.3) is 0 Å². The van der Waals surface area contributed by atoms with Crippen LogP contribution < -0.4 is 0 Å². The highest BCUT2D eigenvalue weighted by Gasteiger charge is 2.30. The van der Waals surface area contributed by atoms with Gasteiger partial charge in [0.1, 0.15) is 0 Å². The van der Waals surface area contributed by atoms with Gasteiger partial charge in [-0.1, -0.05) is 37.3 Å². The lowest BCUT2D eigenvalue weighted by Gasteiger charge is -2.41. The van der Waals surface area contributed by atoms with E-state index < -0.39 is 0 Å². The second-order valence-corrected chi connectivity index (χ2v) is 5.64. The van der Waals surface area contributed by atoms with Crippen molar-refractivity contribution >= 4 is 5.91 Å². The maximum Gasteiger partial charge on any atom is 0.276 e. The predicted octanol–water partition coefficient (Wildman–Crippen LogP) is 1.54. The van der Waals surface area contributed by atoms with Crippen LogP contribution in [0.15, 0.2) is 36.5 Å². The van der Waals surface area contributed by atoms with E-state index >= 15 is 0 Å². The smallest absolute Gasteiger partial charge is 0.276 e. The molecular formula is C16H21N5O. The molecule has 1 aliphatic heterocycles. The van der Waals surface area contributed by atoms with Crippen LogP contribution in [0.1, 0.15) is 29.4 Å². The molecule has 6 nitrogen and oxygen atoms in total. The van der Waals surface area contributed by atoms with E-state index in [1.165, 1.54) is 11.8 Å². The van der Waals surface area contributed by atoms with E-state index in [2.05, 4.69) is 51.5 Å². The quantitative estimate of drug-likeness (QED) is 0.930. The fraction of sp³-hybridized carbons (Fsp3) is 0.438. The van der Waals surface area contributed by atoms with Gasteiger partial charge < -0.3 is 4.90 Å². The van der Waals surface area contributed by atoms with Crippen molar-refractivity contribution in [1.82, 2.24) is 25.2 Å². The molecule has 1 aliphatic rings. The lowest BCUT2D eigenvalue weighted by atomic mass is 10.1. The normalized spacial score (nSPS) is 19.3. The topological polar surface area (TPSA) is 65.1 Å². The molecule has 1 saturated heterocycles. The maximum absolute atomic E-state index is 12.5. The van der Waals surface area contributed by atoms with E-state index in [0.29, 0.717) is 5.69 Å². The number of aromatic nitrogens is 3. The molecule has 22 heavy (non-hydrogen) atoms. The van der Waals surface area contributed by atoms with Crippen molar-refractivity contribution in [2.24, 2.45) is 0 Å². The number of carbonyl (C=O) groups is 1. The summed E-state index contributed by atoms with van der Waals surface area (Å²) in [5, 5.41) is 10.1. The second-order valence-electron chi connectivity index (χ2n) is 5.64. The molecule has 1 amide bonds. The van der Waals surface area contributed by atoms with E-state index in [4.69, 9.17) is 0 Å². The summed E-state index contributed by atoms with van der Waals surface area (Å²) in [6.45, 7) is 5.57. The highest BCUT2D eigenvalue weighted by Crippen LogP contribution is 2.17. The van der Waals surface area contributed by atoms with Gasteiger partial charge in [0.2, 0.25) is 0 Å². The van der Waals surface area contributed by atoms with Crippen LogP contribution in [0.4, 0.5) is 0 Å². The molecule has 3 rings (SSSR count). The molecule has 0 bridgehead atoms. The molecule has 1 aromatic heterocycles. The van der Waals surface area contributed by atoms with Crippen LogP contribution in [0.3, 0.4) is 0 Å². The van der Waals surface area contributed by atoms with Gasteiger partial charge in [-0.2, -0.15) is 15.4 Å². The summed E-state index contributed by atoms with van der Waals surface area (Å²) in [4.78, 5) is 16.8. The molecule has 6 heteroatoms. The standard InChI is InChI=1S/C16H21N5O/c1-2-14-12-20(11-13-6-4-3-5-7-13)8-9-21(14)16(22)15-10-17-19-18-15/h3-7,10,14H,2,8-9,11-12H2,1H3,(H,17,18,19). The minimum absolute atomic E-state index is 0.0278. The summed E-state index contributed by atoms with van der Waals surface area (Å²) in [7, 11) is 0. The molecule has 1 atom stereocenters. The molecule has 116 valence electrons. The van der Waals surface area contributed by atoms with Crippen molar-refractivity contribution in [3.63, 3.8) is 0 Å². The van der Waals surface area contributed by atoms with Crippen molar-refractivity contribution in [1.29, 1.82) is 0 Å². The first-order valence-electron chi connectivity index (χ1n) is 7.71. The van der Waals surface area contributed by atoms with E-state index in [1.807, 2.05) is 11.0 Å². The van der Waals surface area contributed by atoms with Gasteiger partial charge in [-0.05, 0) is 12.0 Å². The van der Waals surface area contributed by atoms with Gasteiger partial charge in [-0.25, -0.2) is 0 Å². The number of aromatic amines is 1. The lowest BCUT2D eigenvalue weighted by molar-refractivity contribution is 0.0424. The Morgan fingerprint density at radius 3 is 2.82 bits per heavy atom. The summed E-state index contributed by atoms with van der Waals surface area (Å²) in [6.07, 6.45) is 2.43. The summed E-state index contributed by atoms with van der Waals surface area (Å²) >= 11 is 0. The minimum Gasteiger partial charge on any atom is -0.332 e. The average molecular weight is 299 g/mol. The Morgan fingerprint density at radius 2 is 2.14 bits per heavy atom. The van der Waals surface area contributed by atoms with E-state index in [-0.39, 0.29) is 11.9 Å². The molecule has 2 heterocycles. The zero-order chi connectivity index (χ0) is 15.4. The first kappa shape index (κ1) is 14.7. The Labute approximate surface area is 130 Å². The predicted molar refractivity (Wildman–Crippen MR) is 83.2 cm³/mol. The molecular weight excluding hydrogens is 278 g/mol. The number of carbonyl (C=O) groups excluding carboxylic acids is 1. The van der Waals surface area contributed by atoms with Crippen molar-refractivity contribution in [2.45, 2.75) is 25.9 Å². The van der Waals surface area contributed by atoms with E-state index in [1.54, 1.807) is 0 Å². The van der Waals surface area contributed by atoms with Crippen LogP contribution >= 0.6 is 0 Å². The Bertz CT molecular complexity index is 598. The van der Waals surface area contributed by atoms with E-state index in [0.717, 1.165) is 32.6 Å². The third-order valence-electron chi connectivity index (χ3n) is 4.18. The fourth-order valence-corrected chi connectivity index (χ4v) is 2.97. The van der Waals surface area contributed by atoms with Crippen LogP contribution in [0.2, 0.25) is 0 Å². The molecule has 1 N–H and O–H groups in total. The van der Waals surface area contributed by atoms with Crippen molar-refractivity contribution in [3.05, 3.63) is 47.8 Å². The summed E-state index contributed by atoms with van der Waals surface area (Å²) in [6, 6.07) is 10.7. The van der Waals surface area contributed by atoms with Crippen LogP contribution in [-0.2, 0) is 6.54 Å². The lowest BCUT2D eigenvalue weighted by Crippen LogP contribution is -2.54. The Kier molecular flexibility index (Phi) is 4.48. The van der Waals surface area contributed by atoms with Gasteiger partial charge >= 0.3 is 0 Å². The first-order valence-corrected chi connectivity index (χ1v) is 7.71. The summed E-state index contributed by atoms with van der Waals surface area (Å²) < 4.78 is 0. The Hall–Kier alpha value is -2.21. The number of piperazine rings is 1. The largest absolute Gasteiger partial charge is 0.332 e. The van der Waals surface area contributed by atoms with Crippen LogP contribution in [0, 0.1) is 0 Å². The van der Waals surface area contributed by atoms with Crippen molar-refractivity contribution in [3.8, 4) is 0 Å². The average Bonchev–Trinajstić information content (AvgIpc) is 3.09. The van der Waals surface area contributed by atoms with Gasteiger partial charge in [0.05, 0.1) is 6.20 Å². The van der Waals surface area contributed by atoms with Gasteiger partial charge in [0.15, 0.2) is 5.69 Å². The number of nitrogens with one attached hydrogen (secondary N) is 1. The third kappa shape index (κ3) is 3.17. The molecule has 0 spiro atoms. The zero-order valence-corrected chi connectivity index (χ0v) is 12.8. The van der Waals surface area contributed by atoms with Gasteiger partial charge in [-0.15, -0.1) is 0 Å². The molecule has 1 fully saturated rings. The second kappa shape index (κ2) is 6.70. The fourth-order valence-electron chi connectivity index (χ4n) is 2.97. The van der Waals surface area contributed by atoms with Crippen molar-refractivity contribution in [2.75, 3.05) is 19.6 Å². The number of hydrogen-bond donors (Lipinski definition) is 1. The Morgan fingerprint density at radius 1 is 1.32 bits per heavy atom. The van der Waals surface area contributed by atoms with Gasteiger partial charge in [-0.3, -0.25) is 9.69 Å². The van der Waals surface area contributed by atoms with Gasteiger partial charge in [0.25, 0.3) is 5.91 Å². The molecule has 0 saturated carbocycles. The number of benzene rings is 1. The minimum atomic E-state index is -0.0278. The van der Waals surface area contributed by atoms with E-state index in [9.17, 15) is 4.79 Å². The number of rotatable bonds is 4. The summed E-state index contributed by atoms with van der Waals surface area (Å²) in [5.74, 6) is -0.0278. The number of H-pyrrole nitrogens is 1. The zero-order valence-electron chi connectivity index (χ0n) is 12.8. The number of amides is 1. The molecule has 1 unspecified atom stereocenters.